The molecule has 0 bridgehead atoms. The standard InChI is InChI=1S/C16H17N5O3/c1-16(2,3)14(23)18-15-20-19-12(24-15)11-13(22)21(4)10-8-6-5-7-9(10)17-11/h5-8H,1-4H3,(H,18,20,23). The van der Waals surface area contributed by atoms with E-state index < -0.39 is 5.41 Å². The molecule has 1 aromatic carbocycles. The number of para-hydroxylation sites is 2. The molecule has 0 fully saturated rings. The summed E-state index contributed by atoms with van der Waals surface area (Å²) in [6.07, 6.45) is 0. The SMILES string of the molecule is Cn1c(=O)c(-c2nnc(NC(=O)C(C)(C)C)o2)nc2ccccc21. The highest BCUT2D eigenvalue weighted by atomic mass is 16.4. The number of hydrogen-bond donors (Lipinski definition) is 1. The molecule has 0 spiro atoms. The average molecular weight is 327 g/mol. The van der Waals surface area contributed by atoms with E-state index in [4.69, 9.17) is 4.42 Å². The van der Waals surface area contributed by atoms with Crippen molar-refractivity contribution in [2.75, 3.05) is 5.32 Å². The van der Waals surface area contributed by atoms with Crippen molar-refractivity contribution in [3.63, 3.8) is 0 Å². The molecule has 0 unspecified atom stereocenters. The molecule has 2 aromatic heterocycles. The minimum atomic E-state index is -0.605. The van der Waals surface area contributed by atoms with E-state index in [2.05, 4.69) is 20.5 Å². The molecular formula is C16H17N5O3. The van der Waals surface area contributed by atoms with Crippen molar-refractivity contribution in [2.24, 2.45) is 12.5 Å². The van der Waals surface area contributed by atoms with Crippen LogP contribution in [-0.2, 0) is 11.8 Å². The number of aromatic nitrogens is 4. The number of rotatable bonds is 2. The Hall–Kier alpha value is -3.03. The van der Waals surface area contributed by atoms with E-state index in [0.717, 1.165) is 0 Å². The van der Waals surface area contributed by atoms with Crippen molar-refractivity contribution in [3.05, 3.63) is 34.6 Å². The smallest absolute Gasteiger partial charge is 0.322 e. The van der Waals surface area contributed by atoms with Crippen LogP contribution >= 0.6 is 0 Å². The van der Waals surface area contributed by atoms with E-state index >= 15 is 0 Å². The summed E-state index contributed by atoms with van der Waals surface area (Å²) in [5, 5.41) is 10.1. The highest BCUT2D eigenvalue weighted by molar-refractivity contribution is 5.92. The summed E-state index contributed by atoms with van der Waals surface area (Å²) in [4.78, 5) is 28.7. The van der Waals surface area contributed by atoms with Gasteiger partial charge in [-0.25, -0.2) is 4.98 Å². The maximum Gasteiger partial charge on any atom is 0.322 e. The zero-order valence-corrected chi connectivity index (χ0v) is 13.8. The number of anilines is 1. The molecule has 1 amide bonds. The summed E-state index contributed by atoms with van der Waals surface area (Å²) in [7, 11) is 1.65. The van der Waals surface area contributed by atoms with Crippen LogP contribution in [0, 0.1) is 5.41 Å². The lowest BCUT2D eigenvalue weighted by molar-refractivity contribution is -0.123. The molecule has 1 N–H and O–H groups in total. The Bertz CT molecular complexity index is 981. The summed E-state index contributed by atoms with van der Waals surface area (Å²) >= 11 is 0. The maximum atomic E-state index is 12.5. The predicted octanol–water partition coefficient (Wildman–Crippen LogP) is 1.97. The summed E-state index contributed by atoms with van der Waals surface area (Å²) in [6, 6.07) is 7.18. The van der Waals surface area contributed by atoms with Gasteiger partial charge in [0, 0.05) is 12.5 Å². The number of carbonyl (C=O) groups excluding carboxylic acids is 1. The Morgan fingerprint density at radius 2 is 1.92 bits per heavy atom. The molecule has 0 saturated carbocycles. The number of nitrogens with zero attached hydrogens (tertiary/aromatic N) is 4. The number of fused-ring (bicyclic) bond motifs is 1. The van der Waals surface area contributed by atoms with E-state index in [1.54, 1.807) is 40.0 Å². The molecule has 24 heavy (non-hydrogen) atoms. The van der Waals surface area contributed by atoms with Gasteiger partial charge in [0.25, 0.3) is 11.4 Å². The first-order chi connectivity index (χ1) is 11.3. The monoisotopic (exact) mass is 327 g/mol. The molecule has 0 aliphatic carbocycles. The molecule has 3 rings (SSSR count). The number of amides is 1. The fourth-order valence-electron chi connectivity index (χ4n) is 2.07. The lowest BCUT2D eigenvalue weighted by Crippen LogP contribution is -2.27. The molecule has 3 aromatic rings. The van der Waals surface area contributed by atoms with Gasteiger partial charge in [0.15, 0.2) is 5.69 Å². The van der Waals surface area contributed by atoms with Crippen LogP contribution in [0.4, 0.5) is 6.01 Å². The number of hydrogen-bond acceptors (Lipinski definition) is 6. The molecular weight excluding hydrogens is 310 g/mol. The lowest BCUT2D eigenvalue weighted by Gasteiger charge is -2.15. The van der Waals surface area contributed by atoms with Gasteiger partial charge in [-0.05, 0) is 12.1 Å². The second-order valence-corrected chi connectivity index (χ2v) is 6.43. The lowest BCUT2D eigenvalue weighted by atomic mass is 9.96. The quantitative estimate of drug-likeness (QED) is 0.772. The van der Waals surface area contributed by atoms with Crippen LogP contribution in [0.2, 0.25) is 0 Å². The van der Waals surface area contributed by atoms with E-state index in [0.29, 0.717) is 11.0 Å². The second kappa shape index (κ2) is 5.55. The molecule has 0 atom stereocenters. The van der Waals surface area contributed by atoms with E-state index in [1.165, 1.54) is 4.57 Å². The van der Waals surface area contributed by atoms with Crippen molar-refractivity contribution in [1.29, 1.82) is 0 Å². The van der Waals surface area contributed by atoms with Crippen LogP contribution in [0.15, 0.2) is 33.5 Å². The van der Waals surface area contributed by atoms with E-state index in [-0.39, 0.29) is 29.1 Å². The van der Waals surface area contributed by atoms with Crippen molar-refractivity contribution in [2.45, 2.75) is 20.8 Å². The Kier molecular flexibility index (Phi) is 3.67. The summed E-state index contributed by atoms with van der Waals surface area (Å²) < 4.78 is 6.86. The molecule has 2 heterocycles. The average Bonchev–Trinajstić information content (AvgIpc) is 2.98. The zero-order chi connectivity index (χ0) is 17.5. The summed E-state index contributed by atoms with van der Waals surface area (Å²) in [5.74, 6) is -0.303. The largest absolute Gasteiger partial charge is 0.401 e. The minimum absolute atomic E-state index is 0.0365. The van der Waals surface area contributed by atoms with Crippen molar-refractivity contribution < 1.29 is 9.21 Å². The third-order valence-electron chi connectivity index (χ3n) is 3.51. The van der Waals surface area contributed by atoms with Crippen LogP contribution in [0.5, 0.6) is 0 Å². The van der Waals surface area contributed by atoms with Crippen LogP contribution in [0.3, 0.4) is 0 Å². The number of benzene rings is 1. The van der Waals surface area contributed by atoms with Gasteiger partial charge in [0.1, 0.15) is 0 Å². The summed E-state index contributed by atoms with van der Waals surface area (Å²) in [5.41, 5.74) is 0.414. The minimum Gasteiger partial charge on any atom is -0.401 e. The Labute approximate surface area is 137 Å². The second-order valence-electron chi connectivity index (χ2n) is 6.43. The normalized spacial score (nSPS) is 11.7. The van der Waals surface area contributed by atoms with Crippen LogP contribution < -0.4 is 10.9 Å². The molecule has 0 saturated heterocycles. The molecule has 0 aliphatic heterocycles. The molecule has 0 aliphatic rings. The van der Waals surface area contributed by atoms with E-state index in [1.807, 2.05) is 12.1 Å². The summed E-state index contributed by atoms with van der Waals surface area (Å²) in [6.45, 7) is 5.29. The first kappa shape index (κ1) is 15.9. The Morgan fingerprint density at radius 3 is 2.62 bits per heavy atom. The Morgan fingerprint density at radius 1 is 1.21 bits per heavy atom. The van der Waals surface area contributed by atoms with Crippen LogP contribution in [-0.4, -0.2) is 25.7 Å². The number of nitrogens with one attached hydrogen (secondary N) is 1. The molecule has 8 nitrogen and oxygen atoms in total. The van der Waals surface area contributed by atoms with Gasteiger partial charge in [0.05, 0.1) is 11.0 Å². The highest BCUT2D eigenvalue weighted by Crippen LogP contribution is 2.20. The molecule has 0 radical (unpaired) electrons. The molecule has 8 heteroatoms. The number of aryl methyl sites for hydroxylation is 1. The topological polar surface area (TPSA) is 103 Å². The van der Waals surface area contributed by atoms with Gasteiger partial charge < -0.3 is 8.98 Å². The van der Waals surface area contributed by atoms with Gasteiger partial charge in [-0.1, -0.05) is 38.0 Å². The van der Waals surface area contributed by atoms with E-state index in [9.17, 15) is 9.59 Å². The predicted molar refractivity (Wildman–Crippen MR) is 88.4 cm³/mol. The third kappa shape index (κ3) is 2.78. The third-order valence-corrected chi connectivity index (χ3v) is 3.51. The fraction of sp³-hybridized carbons (Fsp3) is 0.312. The van der Waals surface area contributed by atoms with Crippen molar-refractivity contribution >= 4 is 23.0 Å². The first-order valence-corrected chi connectivity index (χ1v) is 7.38. The van der Waals surface area contributed by atoms with Gasteiger partial charge >= 0.3 is 6.01 Å². The van der Waals surface area contributed by atoms with Gasteiger partial charge in [-0.3, -0.25) is 14.9 Å². The van der Waals surface area contributed by atoms with Gasteiger partial charge in [-0.15, -0.1) is 5.10 Å². The zero-order valence-electron chi connectivity index (χ0n) is 13.8. The Balaban J connectivity index is 2.02. The van der Waals surface area contributed by atoms with Gasteiger partial charge in [0.2, 0.25) is 5.91 Å². The van der Waals surface area contributed by atoms with Crippen molar-refractivity contribution in [1.82, 2.24) is 19.7 Å². The number of carbonyl (C=O) groups is 1. The van der Waals surface area contributed by atoms with Crippen LogP contribution in [0.1, 0.15) is 20.8 Å². The van der Waals surface area contributed by atoms with Gasteiger partial charge in [-0.2, -0.15) is 0 Å². The maximum absolute atomic E-state index is 12.5. The highest BCUT2D eigenvalue weighted by Gasteiger charge is 2.24. The first-order valence-electron chi connectivity index (χ1n) is 7.38. The fourth-order valence-corrected chi connectivity index (χ4v) is 2.07. The molecule has 124 valence electrons. The van der Waals surface area contributed by atoms with Crippen molar-refractivity contribution in [3.8, 4) is 11.6 Å². The van der Waals surface area contributed by atoms with Crippen LogP contribution in [0.25, 0.3) is 22.6 Å².